The van der Waals surface area contributed by atoms with Gasteiger partial charge in [-0.15, -0.1) is 0 Å². The molecule has 13 heavy (non-hydrogen) atoms. The fraction of sp³-hybridized carbons (Fsp3) is 1.00. The van der Waals surface area contributed by atoms with Crippen LogP contribution < -0.4 is 0 Å². The van der Waals surface area contributed by atoms with E-state index in [1.165, 1.54) is 25.7 Å². The van der Waals surface area contributed by atoms with E-state index in [2.05, 4.69) is 13.8 Å². The summed E-state index contributed by atoms with van der Waals surface area (Å²) in [6, 6.07) is 0. The Morgan fingerprint density at radius 3 is 2.00 bits per heavy atom. The smallest absolute Gasteiger partial charge is 0.0494 e. The van der Waals surface area contributed by atoms with Gasteiger partial charge in [-0.3, -0.25) is 0 Å². The molecule has 1 nitrogen and oxygen atoms in total. The highest BCUT2D eigenvalue weighted by atomic mass is 16.5. The molecule has 0 amide bonds. The molecule has 1 aliphatic heterocycles. The van der Waals surface area contributed by atoms with Crippen molar-refractivity contribution in [1.29, 1.82) is 0 Å². The fourth-order valence-electron chi connectivity index (χ4n) is 2.91. The van der Waals surface area contributed by atoms with Crippen molar-refractivity contribution in [2.75, 3.05) is 13.2 Å². The molecule has 0 aromatic carbocycles. The van der Waals surface area contributed by atoms with Gasteiger partial charge in [-0.25, -0.2) is 0 Å². The van der Waals surface area contributed by atoms with Crippen molar-refractivity contribution in [1.82, 2.24) is 0 Å². The number of hydrogen-bond acceptors (Lipinski definition) is 1. The van der Waals surface area contributed by atoms with Gasteiger partial charge in [-0.2, -0.15) is 0 Å². The lowest BCUT2D eigenvalue weighted by molar-refractivity contribution is 0.0551. The highest BCUT2D eigenvalue weighted by Crippen LogP contribution is 2.37. The lowest BCUT2D eigenvalue weighted by Crippen LogP contribution is -2.21. The zero-order chi connectivity index (χ0) is 9.26. The largest absolute Gasteiger partial charge is 0.381 e. The maximum absolute atomic E-state index is 5.69. The summed E-state index contributed by atoms with van der Waals surface area (Å²) < 4.78 is 5.69. The van der Waals surface area contributed by atoms with E-state index in [-0.39, 0.29) is 0 Å². The molecule has 2 bridgehead atoms. The van der Waals surface area contributed by atoms with Gasteiger partial charge in [0.1, 0.15) is 0 Å². The zero-order valence-corrected chi connectivity index (χ0v) is 8.96. The lowest BCUT2D eigenvalue weighted by Gasteiger charge is -2.27. The van der Waals surface area contributed by atoms with Gasteiger partial charge in [0.15, 0.2) is 0 Å². The second kappa shape index (κ2) is 4.00. The predicted molar refractivity (Wildman–Crippen MR) is 54.6 cm³/mol. The molecular formula is C12H22O. The minimum absolute atomic E-state index is 0.875. The van der Waals surface area contributed by atoms with Gasteiger partial charge in [-0.1, -0.05) is 13.8 Å². The van der Waals surface area contributed by atoms with Crippen LogP contribution in [0.2, 0.25) is 0 Å². The molecule has 1 saturated carbocycles. The summed E-state index contributed by atoms with van der Waals surface area (Å²) in [4.78, 5) is 0. The Hall–Kier alpha value is -0.0400. The van der Waals surface area contributed by atoms with Gasteiger partial charge in [0.25, 0.3) is 0 Å². The third kappa shape index (κ3) is 2.25. The van der Waals surface area contributed by atoms with E-state index < -0.39 is 0 Å². The number of hydrogen-bond donors (Lipinski definition) is 0. The monoisotopic (exact) mass is 182 g/mol. The van der Waals surface area contributed by atoms with Gasteiger partial charge < -0.3 is 4.74 Å². The maximum atomic E-state index is 5.69. The summed E-state index contributed by atoms with van der Waals surface area (Å²) in [7, 11) is 0. The highest BCUT2D eigenvalue weighted by molar-refractivity contribution is 4.80. The van der Waals surface area contributed by atoms with Crippen LogP contribution in [0.4, 0.5) is 0 Å². The van der Waals surface area contributed by atoms with E-state index in [1.54, 1.807) is 0 Å². The summed E-state index contributed by atoms with van der Waals surface area (Å²) in [6.07, 6.45) is 5.70. The summed E-state index contributed by atoms with van der Waals surface area (Å²) in [6.45, 7) is 6.85. The average Bonchev–Trinajstić information content (AvgIpc) is 2.34. The van der Waals surface area contributed by atoms with Crippen LogP contribution in [0.3, 0.4) is 0 Å². The zero-order valence-electron chi connectivity index (χ0n) is 8.96. The first-order chi connectivity index (χ1) is 6.25. The molecule has 1 heterocycles. The quantitative estimate of drug-likeness (QED) is 0.605. The van der Waals surface area contributed by atoms with Crippen LogP contribution in [0.5, 0.6) is 0 Å². The van der Waals surface area contributed by atoms with Crippen molar-refractivity contribution < 1.29 is 4.74 Å². The van der Waals surface area contributed by atoms with Crippen LogP contribution in [-0.2, 0) is 4.74 Å². The Kier molecular flexibility index (Phi) is 2.92. The van der Waals surface area contributed by atoms with Crippen LogP contribution in [0.15, 0.2) is 0 Å². The Morgan fingerprint density at radius 2 is 1.54 bits per heavy atom. The maximum Gasteiger partial charge on any atom is 0.0494 e. The van der Waals surface area contributed by atoms with E-state index in [1.807, 2.05) is 0 Å². The molecule has 2 atom stereocenters. The number of ether oxygens (including phenoxy) is 1. The van der Waals surface area contributed by atoms with Crippen molar-refractivity contribution in [3.63, 3.8) is 0 Å². The summed E-state index contributed by atoms with van der Waals surface area (Å²) in [5, 5.41) is 0. The molecule has 2 aliphatic rings. The van der Waals surface area contributed by atoms with Gasteiger partial charge in [0, 0.05) is 13.2 Å². The molecule has 1 aliphatic carbocycles. The molecule has 0 N–H and O–H groups in total. The fourth-order valence-corrected chi connectivity index (χ4v) is 2.91. The molecule has 2 fully saturated rings. The normalized spacial score (nSPS) is 40.4. The van der Waals surface area contributed by atoms with Gasteiger partial charge >= 0.3 is 0 Å². The first kappa shape index (κ1) is 9.51. The molecule has 1 heteroatoms. The second-order valence-corrected chi connectivity index (χ2v) is 5.32. The minimum Gasteiger partial charge on any atom is -0.381 e. The standard InChI is InChI=1S/C12H22O/c1-9(2)12-5-10-3-4-11(6-12)8-13-7-10/h9-12H,3-8H2,1-2H3. The van der Waals surface area contributed by atoms with Gasteiger partial charge in [-0.05, 0) is 49.4 Å². The van der Waals surface area contributed by atoms with Crippen LogP contribution in [0.1, 0.15) is 39.5 Å². The van der Waals surface area contributed by atoms with Crippen molar-refractivity contribution in [3.05, 3.63) is 0 Å². The highest BCUT2D eigenvalue weighted by Gasteiger charge is 2.30. The van der Waals surface area contributed by atoms with Crippen LogP contribution in [0.25, 0.3) is 0 Å². The molecule has 0 radical (unpaired) electrons. The van der Waals surface area contributed by atoms with Crippen LogP contribution in [-0.4, -0.2) is 13.2 Å². The molecule has 0 aromatic rings. The summed E-state index contributed by atoms with van der Waals surface area (Å²) in [5.41, 5.74) is 0. The molecular weight excluding hydrogens is 160 g/mol. The average molecular weight is 182 g/mol. The van der Waals surface area contributed by atoms with Crippen molar-refractivity contribution in [2.45, 2.75) is 39.5 Å². The van der Waals surface area contributed by atoms with Crippen LogP contribution >= 0.6 is 0 Å². The molecule has 0 aromatic heterocycles. The van der Waals surface area contributed by atoms with E-state index in [9.17, 15) is 0 Å². The van der Waals surface area contributed by atoms with E-state index in [0.29, 0.717) is 0 Å². The molecule has 2 unspecified atom stereocenters. The summed E-state index contributed by atoms with van der Waals surface area (Å²) >= 11 is 0. The van der Waals surface area contributed by atoms with Crippen LogP contribution in [0, 0.1) is 23.7 Å². The van der Waals surface area contributed by atoms with Gasteiger partial charge in [0.2, 0.25) is 0 Å². The third-order valence-electron chi connectivity index (χ3n) is 3.91. The molecule has 2 rings (SSSR count). The van der Waals surface area contributed by atoms with Gasteiger partial charge in [0.05, 0.1) is 0 Å². The number of rotatable bonds is 1. The second-order valence-electron chi connectivity index (χ2n) is 5.32. The number of fused-ring (bicyclic) bond motifs is 3. The lowest BCUT2D eigenvalue weighted by atomic mass is 9.83. The SMILES string of the molecule is CC(C)C1CC2CCC(COC2)C1. The Balaban J connectivity index is 2.03. The van der Waals surface area contributed by atoms with E-state index in [4.69, 9.17) is 4.74 Å². The first-order valence-electron chi connectivity index (χ1n) is 5.83. The molecule has 76 valence electrons. The summed E-state index contributed by atoms with van der Waals surface area (Å²) in [5.74, 6) is 3.60. The topological polar surface area (TPSA) is 9.23 Å². The Morgan fingerprint density at radius 1 is 1.00 bits per heavy atom. The minimum atomic E-state index is 0.875. The molecule has 0 spiro atoms. The van der Waals surface area contributed by atoms with Crippen molar-refractivity contribution in [3.8, 4) is 0 Å². The molecule has 1 saturated heterocycles. The van der Waals surface area contributed by atoms with E-state index >= 15 is 0 Å². The Bertz CT molecular complexity index is 151. The third-order valence-corrected chi connectivity index (χ3v) is 3.91. The van der Waals surface area contributed by atoms with Crippen molar-refractivity contribution >= 4 is 0 Å². The van der Waals surface area contributed by atoms with E-state index in [0.717, 1.165) is 36.9 Å². The first-order valence-corrected chi connectivity index (χ1v) is 5.83. The van der Waals surface area contributed by atoms with Crippen molar-refractivity contribution in [2.24, 2.45) is 23.7 Å². The Labute approximate surface area is 81.9 Å². The predicted octanol–water partition coefficient (Wildman–Crippen LogP) is 3.10.